The minimum atomic E-state index is -4.37. The second-order valence-electron chi connectivity index (χ2n) is 4.48. The molecule has 0 radical (unpaired) electrons. The standard InChI is InChI=1S/C12H13F3N2/c1-6(2)11-16-9-5-7(3)4-8(10(9)17-11)12(13,14)15/h4-6H,1-3H3,(H,16,17). The number of halogens is 3. The zero-order valence-electron chi connectivity index (χ0n) is 9.81. The van der Waals surface area contributed by atoms with Crippen molar-refractivity contribution in [2.75, 3.05) is 0 Å². The first-order chi connectivity index (χ1) is 7.79. The number of hydrogen-bond acceptors (Lipinski definition) is 1. The fourth-order valence-corrected chi connectivity index (χ4v) is 1.77. The molecule has 0 spiro atoms. The van der Waals surface area contributed by atoms with E-state index in [1.54, 1.807) is 13.0 Å². The molecule has 1 N–H and O–H groups in total. The average Bonchev–Trinajstić information content (AvgIpc) is 2.58. The zero-order chi connectivity index (χ0) is 12.8. The van der Waals surface area contributed by atoms with E-state index in [1.165, 1.54) is 0 Å². The Morgan fingerprint density at radius 3 is 2.41 bits per heavy atom. The summed E-state index contributed by atoms with van der Waals surface area (Å²) in [7, 11) is 0. The van der Waals surface area contributed by atoms with Gasteiger partial charge in [-0.05, 0) is 24.6 Å². The Labute approximate surface area is 96.9 Å². The van der Waals surface area contributed by atoms with Crippen molar-refractivity contribution in [3.63, 3.8) is 0 Å². The summed E-state index contributed by atoms with van der Waals surface area (Å²) in [6.45, 7) is 5.42. The zero-order valence-corrected chi connectivity index (χ0v) is 9.81. The minimum Gasteiger partial charge on any atom is -0.342 e. The van der Waals surface area contributed by atoms with E-state index in [1.807, 2.05) is 13.8 Å². The highest BCUT2D eigenvalue weighted by Crippen LogP contribution is 2.35. The monoisotopic (exact) mass is 242 g/mol. The van der Waals surface area contributed by atoms with E-state index in [0.29, 0.717) is 16.9 Å². The molecule has 0 aliphatic carbocycles. The van der Waals surface area contributed by atoms with Gasteiger partial charge in [-0.15, -0.1) is 0 Å². The number of nitrogens with zero attached hydrogens (tertiary/aromatic N) is 1. The van der Waals surface area contributed by atoms with Gasteiger partial charge in [-0.2, -0.15) is 13.2 Å². The summed E-state index contributed by atoms with van der Waals surface area (Å²) in [4.78, 5) is 6.98. The number of aromatic amines is 1. The number of benzene rings is 1. The van der Waals surface area contributed by atoms with Crippen LogP contribution in [0.5, 0.6) is 0 Å². The number of nitrogens with one attached hydrogen (secondary N) is 1. The molecule has 1 heterocycles. The summed E-state index contributed by atoms with van der Waals surface area (Å²) >= 11 is 0. The van der Waals surface area contributed by atoms with Crippen LogP contribution in [0, 0.1) is 6.92 Å². The molecule has 0 aliphatic heterocycles. The van der Waals surface area contributed by atoms with Gasteiger partial charge in [0.1, 0.15) is 11.3 Å². The molecule has 92 valence electrons. The topological polar surface area (TPSA) is 28.7 Å². The fraction of sp³-hybridized carbons (Fsp3) is 0.417. The van der Waals surface area contributed by atoms with Crippen LogP contribution in [0.1, 0.15) is 36.7 Å². The van der Waals surface area contributed by atoms with E-state index in [2.05, 4.69) is 9.97 Å². The predicted molar refractivity (Wildman–Crippen MR) is 59.9 cm³/mol. The van der Waals surface area contributed by atoms with E-state index in [4.69, 9.17) is 0 Å². The molecule has 2 nitrogen and oxygen atoms in total. The van der Waals surface area contributed by atoms with Gasteiger partial charge in [0.15, 0.2) is 0 Å². The van der Waals surface area contributed by atoms with Crippen LogP contribution in [0.4, 0.5) is 13.2 Å². The molecular weight excluding hydrogens is 229 g/mol. The van der Waals surface area contributed by atoms with Gasteiger partial charge < -0.3 is 4.98 Å². The molecule has 5 heteroatoms. The third-order valence-electron chi connectivity index (χ3n) is 2.60. The minimum absolute atomic E-state index is 0.00630. The number of alkyl halides is 3. The lowest BCUT2D eigenvalue weighted by Crippen LogP contribution is -2.06. The second-order valence-corrected chi connectivity index (χ2v) is 4.48. The first-order valence-electron chi connectivity index (χ1n) is 5.36. The molecule has 0 saturated heterocycles. The van der Waals surface area contributed by atoms with Gasteiger partial charge in [0.05, 0.1) is 11.1 Å². The Morgan fingerprint density at radius 2 is 1.88 bits per heavy atom. The van der Waals surface area contributed by atoms with E-state index in [-0.39, 0.29) is 11.4 Å². The van der Waals surface area contributed by atoms with Crippen LogP contribution in [-0.2, 0) is 6.18 Å². The maximum atomic E-state index is 12.9. The molecule has 2 aromatic rings. The van der Waals surface area contributed by atoms with Crippen LogP contribution in [0.15, 0.2) is 12.1 Å². The first kappa shape index (κ1) is 12.0. The SMILES string of the molecule is Cc1cc(C(F)(F)F)c2nc(C(C)C)[nH]c2c1. The van der Waals surface area contributed by atoms with Crippen molar-refractivity contribution < 1.29 is 13.2 Å². The molecule has 17 heavy (non-hydrogen) atoms. The van der Waals surface area contributed by atoms with Crippen LogP contribution < -0.4 is 0 Å². The van der Waals surface area contributed by atoms with Gasteiger partial charge in [-0.1, -0.05) is 13.8 Å². The van der Waals surface area contributed by atoms with Crippen molar-refractivity contribution in [2.45, 2.75) is 32.9 Å². The average molecular weight is 242 g/mol. The lowest BCUT2D eigenvalue weighted by molar-refractivity contribution is -0.136. The van der Waals surface area contributed by atoms with Crippen molar-refractivity contribution >= 4 is 11.0 Å². The smallest absolute Gasteiger partial charge is 0.342 e. The predicted octanol–water partition coefficient (Wildman–Crippen LogP) is 4.01. The van der Waals surface area contributed by atoms with Crippen molar-refractivity contribution in [3.05, 3.63) is 29.1 Å². The second kappa shape index (κ2) is 3.75. The normalized spacial score (nSPS) is 12.6. The quantitative estimate of drug-likeness (QED) is 0.804. The largest absolute Gasteiger partial charge is 0.418 e. The van der Waals surface area contributed by atoms with E-state index < -0.39 is 11.7 Å². The highest BCUT2D eigenvalue weighted by molar-refractivity contribution is 5.80. The van der Waals surface area contributed by atoms with Gasteiger partial charge >= 0.3 is 6.18 Å². The van der Waals surface area contributed by atoms with Gasteiger partial charge in [-0.3, -0.25) is 0 Å². The van der Waals surface area contributed by atoms with Gasteiger partial charge in [0.25, 0.3) is 0 Å². The maximum absolute atomic E-state index is 12.9. The lowest BCUT2D eigenvalue weighted by Gasteiger charge is -2.07. The maximum Gasteiger partial charge on any atom is 0.418 e. The number of H-pyrrole nitrogens is 1. The summed E-state index contributed by atoms with van der Waals surface area (Å²) in [6, 6.07) is 2.82. The Morgan fingerprint density at radius 1 is 1.24 bits per heavy atom. The Balaban J connectivity index is 2.75. The van der Waals surface area contributed by atoms with Crippen LogP contribution in [-0.4, -0.2) is 9.97 Å². The fourth-order valence-electron chi connectivity index (χ4n) is 1.77. The molecule has 0 bridgehead atoms. The number of imidazole rings is 1. The first-order valence-corrected chi connectivity index (χ1v) is 5.36. The van der Waals surface area contributed by atoms with Crippen LogP contribution in [0.2, 0.25) is 0 Å². The van der Waals surface area contributed by atoms with Crippen molar-refractivity contribution in [1.82, 2.24) is 9.97 Å². The third-order valence-corrected chi connectivity index (χ3v) is 2.60. The molecule has 0 atom stereocenters. The molecular formula is C12H13F3N2. The van der Waals surface area contributed by atoms with Crippen molar-refractivity contribution in [1.29, 1.82) is 0 Å². The number of rotatable bonds is 1. The van der Waals surface area contributed by atoms with Gasteiger partial charge in [-0.25, -0.2) is 4.98 Å². The van der Waals surface area contributed by atoms with Crippen molar-refractivity contribution in [3.8, 4) is 0 Å². The molecule has 0 saturated carbocycles. The summed E-state index contributed by atoms with van der Waals surface area (Å²) < 4.78 is 38.6. The molecule has 2 rings (SSSR count). The summed E-state index contributed by atoms with van der Waals surface area (Å²) in [5, 5.41) is 0. The van der Waals surface area contributed by atoms with E-state index >= 15 is 0 Å². The Kier molecular flexibility index (Phi) is 2.64. The van der Waals surface area contributed by atoms with Crippen molar-refractivity contribution in [2.24, 2.45) is 0 Å². The van der Waals surface area contributed by atoms with Gasteiger partial charge in [0, 0.05) is 5.92 Å². The summed E-state index contributed by atoms with van der Waals surface area (Å²) in [6.07, 6.45) is -4.37. The van der Waals surface area contributed by atoms with Crippen LogP contribution in [0.3, 0.4) is 0 Å². The van der Waals surface area contributed by atoms with Crippen LogP contribution in [0.25, 0.3) is 11.0 Å². The molecule has 1 aromatic carbocycles. The highest BCUT2D eigenvalue weighted by atomic mass is 19.4. The molecule has 0 aliphatic rings. The van der Waals surface area contributed by atoms with Gasteiger partial charge in [0.2, 0.25) is 0 Å². The number of aryl methyl sites for hydroxylation is 1. The highest BCUT2D eigenvalue weighted by Gasteiger charge is 2.34. The van der Waals surface area contributed by atoms with E-state index in [9.17, 15) is 13.2 Å². The summed E-state index contributed by atoms with van der Waals surface area (Å²) in [5.41, 5.74) is 0.354. The Bertz CT molecular complexity index is 553. The number of hydrogen-bond donors (Lipinski definition) is 1. The number of fused-ring (bicyclic) bond motifs is 1. The third kappa shape index (κ3) is 2.14. The summed E-state index contributed by atoms with van der Waals surface area (Å²) in [5.74, 6) is 0.653. The molecule has 1 aromatic heterocycles. The Hall–Kier alpha value is -1.52. The van der Waals surface area contributed by atoms with Crippen LogP contribution >= 0.6 is 0 Å². The van der Waals surface area contributed by atoms with E-state index in [0.717, 1.165) is 6.07 Å². The number of aromatic nitrogens is 2. The lowest BCUT2D eigenvalue weighted by atomic mass is 10.1. The molecule has 0 unspecified atom stereocenters. The molecule has 0 amide bonds. The molecule has 0 fully saturated rings.